The molecule has 1 N–H and O–H groups in total. The first-order valence-corrected chi connectivity index (χ1v) is 7.88. The molecule has 0 bridgehead atoms. The van der Waals surface area contributed by atoms with E-state index in [4.69, 9.17) is 9.47 Å². The Bertz CT molecular complexity index is 813. The molecule has 1 heterocycles. The van der Waals surface area contributed by atoms with Crippen molar-refractivity contribution in [1.82, 2.24) is 9.78 Å². The van der Waals surface area contributed by atoms with Gasteiger partial charge in [0, 0.05) is 19.3 Å². The predicted octanol–water partition coefficient (Wildman–Crippen LogP) is 3.02. The Morgan fingerprint density at radius 3 is 2.32 bits per heavy atom. The number of benzene rings is 2. The van der Waals surface area contributed by atoms with E-state index in [2.05, 4.69) is 10.4 Å². The summed E-state index contributed by atoms with van der Waals surface area (Å²) in [6.07, 6.45) is 1.75. The largest absolute Gasteiger partial charge is 0.489 e. The van der Waals surface area contributed by atoms with Gasteiger partial charge in [-0.05, 0) is 29.8 Å². The van der Waals surface area contributed by atoms with E-state index in [0.717, 1.165) is 11.3 Å². The summed E-state index contributed by atoms with van der Waals surface area (Å²) in [5.74, 6) is 1.58. The van der Waals surface area contributed by atoms with Crippen LogP contribution in [-0.4, -0.2) is 22.3 Å². The van der Waals surface area contributed by atoms with Gasteiger partial charge < -0.3 is 14.8 Å². The molecule has 0 aliphatic heterocycles. The number of aryl methyl sites for hydroxylation is 1. The summed E-state index contributed by atoms with van der Waals surface area (Å²) in [7, 11) is 1.79. The fraction of sp³-hybridized carbons (Fsp3) is 0.158. The molecular formula is C19H19N3O3. The average Bonchev–Trinajstić information content (AvgIpc) is 3.04. The van der Waals surface area contributed by atoms with Crippen molar-refractivity contribution in [3.05, 3.63) is 72.4 Å². The highest BCUT2D eigenvalue weighted by atomic mass is 16.5. The van der Waals surface area contributed by atoms with Gasteiger partial charge in [0.05, 0.1) is 0 Å². The maximum atomic E-state index is 11.8. The second-order valence-corrected chi connectivity index (χ2v) is 5.46. The molecule has 0 atom stereocenters. The minimum Gasteiger partial charge on any atom is -0.489 e. The Hall–Kier alpha value is -3.28. The lowest BCUT2D eigenvalue weighted by molar-refractivity contribution is -0.118. The van der Waals surface area contributed by atoms with E-state index in [1.165, 1.54) is 0 Å². The van der Waals surface area contributed by atoms with Crippen LogP contribution in [0.4, 0.5) is 5.82 Å². The summed E-state index contributed by atoms with van der Waals surface area (Å²) in [5, 5.41) is 6.74. The molecular weight excluding hydrogens is 318 g/mol. The van der Waals surface area contributed by atoms with Gasteiger partial charge in [-0.3, -0.25) is 9.48 Å². The van der Waals surface area contributed by atoms with Crippen LogP contribution in [0.5, 0.6) is 11.5 Å². The molecule has 3 aromatic rings. The number of ether oxygens (including phenoxy) is 2. The van der Waals surface area contributed by atoms with Crippen molar-refractivity contribution < 1.29 is 14.3 Å². The number of hydrogen-bond donors (Lipinski definition) is 1. The molecule has 0 spiro atoms. The third-order valence-electron chi connectivity index (χ3n) is 3.42. The second kappa shape index (κ2) is 8.01. The Kier molecular flexibility index (Phi) is 5.31. The summed E-state index contributed by atoms with van der Waals surface area (Å²) in [6.45, 7) is 0.425. The molecule has 0 aliphatic rings. The van der Waals surface area contributed by atoms with E-state index < -0.39 is 0 Å². The second-order valence-electron chi connectivity index (χ2n) is 5.46. The lowest BCUT2D eigenvalue weighted by atomic mass is 10.2. The molecule has 3 rings (SSSR count). The molecule has 1 amide bonds. The third-order valence-corrected chi connectivity index (χ3v) is 3.42. The molecule has 25 heavy (non-hydrogen) atoms. The van der Waals surface area contributed by atoms with E-state index >= 15 is 0 Å². The van der Waals surface area contributed by atoms with E-state index in [0.29, 0.717) is 18.2 Å². The van der Waals surface area contributed by atoms with Crippen LogP contribution in [0.15, 0.2) is 66.9 Å². The van der Waals surface area contributed by atoms with Gasteiger partial charge in [-0.25, -0.2) is 0 Å². The Morgan fingerprint density at radius 1 is 1.00 bits per heavy atom. The number of nitrogens with zero attached hydrogens (tertiary/aromatic N) is 2. The molecule has 0 aliphatic carbocycles. The van der Waals surface area contributed by atoms with Crippen LogP contribution in [0, 0.1) is 0 Å². The number of nitrogens with one attached hydrogen (secondary N) is 1. The highest BCUT2D eigenvalue weighted by Gasteiger charge is 2.06. The lowest BCUT2D eigenvalue weighted by Gasteiger charge is -2.08. The normalized spacial score (nSPS) is 10.3. The fourth-order valence-corrected chi connectivity index (χ4v) is 2.18. The Morgan fingerprint density at radius 2 is 1.68 bits per heavy atom. The van der Waals surface area contributed by atoms with Crippen LogP contribution in [0.1, 0.15) is 5.56 Å². The van der Waals surface area contributed by atoms with Gasteiger partial charge in [0.15, 0.2) is 12.4 Å². The van der Waals surface area contributed by atoms with Crippen molar-refractivity contribution in [2.24, 2.45) is 7.05 Å². The topological polar surface area (TPSA) is 65.4 Å². The number of rotatable bonds is 7. The van der Waals surface area contributed by atoms with Crippen LogP contribution in [0.25, 0.3) is 0 Å². The van der Waals surface area contributed by atoms with Gasteiger partial charge in [-0.1, -0.05) is 30.3 Å². The standard InChI is InChI=1S/C19H19N3O3/c1-22-12-11-18(21-22)20-19(23)14-25-17-9-7-16(8-10-17)24-13-15-5-3-2-4-6-15/h2-12H,13-14H2,1H3,(H,20,21,23). The Balaban J connectivity index is 1.45. The molecule has 1 aromatic heterocycles. The maximum absolute atomic E-state index is 11.8. The first-order chi connectivity index (χ1) is 12.2. The molecule has 128 valence electrons. The highest BCUT2D eigenvalue weighted by Crippen LogP contribution is 2.18. The molecule has 0 fully saturated rings. The summed E-state index contributed by atoms with van der Waals surface area (Å²) < 4.78 is 12.8. The fourth-order valence-electron chi connectivity index (χ4n) is 2.18. The van der Waals surface area contributed by atoms with Gasteiger partial charge in [0.25, 0.3) is 5.91 Å². The molecule has 0 saturated heterocycles. The van der Waals surface area contributed by atoms with Gasteiger partial charge >= 0.3 is 0 Å². The predicted molar refractivity (Wildman–Crippen MR) is 94.5 cm³/mol. The molecule has 2 aromatic carbocycles. The van der Waals surface area contributed by atoms with Crippen LogP contribution in [0.2, 0.25) is 0 Å². The summed E-state index contributed by atoms with van der Waals surface area (Å²) >= 11 is 0. The summed E-state index contributed by atoms with van der Waals surface area (Å²) in [4.78, 5) is 11.8. The van der Waals surface area contributed by atoms with Gasteiger partial charge in [0.1, 0.15) is 18.1 Å². The van der Waals surface area contributed by atoms with Gasteiger partial charge in [-0.2, -0.15) is 5.10 Å². The van der Waals surface area contributed by atoms with Crippen LogP contribution >= 0.6 is 0 Å². The van der Waals surface area contributed by atoms with Crippen molar-refractivity contribution in [3.63, 3.8) is 0 Å². The van der Waals surface area contributed by atoms with E-state index in [1.807, 2.05) is 42.5 Å². The number of amides is 1. The van der Waals surface area contributed by atoms with Crippen molar-refractivity contribution >= 4 is 11.7 Å². The van der Waals surface area contributed by atoms with E-state index in [1.54, 1.807) is 36.1 Å². The lowest BCUT2D eigenvalue weighted by Crippen LogP contribution is -2.20. The maximum Gasteiger partial charge on any atom is 0.263 e. The molecule has 0 radical (unpaired) electrons. The van der Waals surface area contributed by atoms with Crippen LogP contribution < -0.4 is 14.8 Å². The number of aromatic nitrogens is 2. The average molecular weight is 337 g/mol. The number of carbonyl (C=O) groups is 1. The third kappa shape index (κ3) is 5.10. The summed E-state index contributed by atoms with van der Waals surface area (Å²) in [5.41, 5.74) is 1.11. The monoisotopic (exact) mass is 337 g/mol. The van der Waals surface area contributed by atoms with Crippen molar-refractivity contribution in [1.29, 1.82) is 0 Å². The van der Waals surface area contributed by atoms with Crippen molar-refractivity contribution in [3.8, 4) is 11.5 Å². The Labute approximate surface area is 146 Å². The smallest absolute Gasteiger partial charge is 0.263 e. The number of hydrogen-bond acceptors (Lipinski definition) is 4. The van der Waals surface area contributed by atoms with Gasteiger partial charge in [-0.15, -0.1) is 0 Å². The molecule has 0 saturated carbocycles. The SMILES string of the molecule is Cn1ccc(NC(=O)COc2ccc(OCc3ccccc3)cc2)n1. The van der Waals surface area contributed by atoms with Gasteiger partial charge in [0.2, 0.25) is 0 Å². The first-order valence-electron chi connectivity index (χ1n) is 7.88. The molecule has 6 nitrogen and oxygen atoms in total. The van der Waals surface area contributed by atoms with Crippen molar-refractivity contribution in [2.75, 3.05) is 11.9 Å². The van der Waals surface area contributed by atoms with E-state index in [9.17, 15) is 4.79 Å². The zero-order chi connectivity index (χ0) is 17.5. The molecule has 6 heteroatoms. The quantitative estimate of drug-likeness (QED) is 0.720. The number of carbonyl (C=O) groups excluding carboxylic acids is 1. The highest BCUT2D eigenvalue weighted by molar-refractivity contribution is 5.90. The van der Waals surface area contributed by atoms with E-state index in [-0.39, 0.29) is 12.5 Å². The summed E-state index contributed by atoms with van der Waals surface area (Å²) in [6, 6.07) is 18.8. The minimum absolute atomic E-state index is 0.0825. The zero-order valence-corrected chi connectivity index (χ0v) is 13.9. The van der Waals surface area contributed by atoms with Crippen molar-refractivity contribution in [2.45, 2.75) is 6.61 Å². The number of anilines is 1. The molecule has 0 unspecified atom stereocenters. The first kappa shape index (κ1) is 16.6. The van der Waals surface area contributed by atoms with Crippen LogP contribution in [0.3, 0.4) is 0 Å². The van der Waals surface area contributed by atoms with Crippen LogP contribution in [-0.2, 0) is 18.4 Å². The minimum atomic E-state index is -0.261. The zero-order valence-electron chi connectivity index (χ0n) is 13.9.